The molecule has 0 aliphatic carbocycles. The minimum atomic E-state index is -0.728. The minimum absolute atomic E-state index is 0.0191. The third kappa shape index (κ3) is 2.47. The summed E-state index contributed by atoms with van der Waals surface area (Å²) in [4.78, 5) is 14.2. The normalized spacial score (nSPS) is 16.9. The first kappa shape index (κ1) is 13.9. The second kappa shape index (κ2) is 5.04. The molecule has 1 aliphatic heterocycles. The van der Waals surface area contributed by atoms with Crippen molar-refractivity contribution >= 4 is 5.91 Å². The number of carbonyl (C=O) groups is 1. The van der Waals surface area contributed by atoms with E-state index >= 15 is 0 Å². The Morgan fingerprint density at radius 3 is 2.48 bits per heavy atom. The first-order valence-electron chi connectivity index (χ1n) is 7.25. The van der Waals surface area contributed by atoms with E-state index in [4.69, 9.17) is 0 Å². The number of hydrogen-bond donors (Lipinski definition) is 1. The molecule has 1 fully saturated rings. The van der Waals surface area contributed by atoms with Gasteiger partial charge in [0, 0.05) is 23.6 Å². The molecule has 0 bridgehead atoms. The quantitative estimate of drug-likeness (QED) is 0.940. The fourth-order valence-corrected chi connectivity index (χ4v) is 2.61. The molecule has 1 amide bonds. The predicted octanol–water partition coefficient (Wildman–Crippen LogP) is 2.32. The van der Waals surface area contributed by atoms with Crippen LogP contribution in [0.25, 0.3) is 5.69 Å². The van der Waals surface area contributed by atoms with Gasteiger partial charge in [0.15, 0.2) is 0 Å². The summed E-state index contributed by atoms with van der Waals surface area (Å²) in [7, 11) is 0. The maximum absolute atomic E-state index is 12.5. The van der Waals surface area contributed by atoms with Gasteiger partial charge in [-0.15, -0.1) is 0 Å². The molecule has 21 heavy (non-hydrogen) atoms. The van der Waals surface area contributed by atoms with Crippen LogP contribution in [0, 0.1) is 5.92 Å². The highest BCUT2D eigenvalue weighted by molar-refractivity contribution is 5.95. The second-order valence-electron chi connectivity index (χ2n) is 6.06. The Labute approximate surface area is 124 Å². The van der Waals surface area contributed by atoms with Crippen molar-refractivity contribution in [2.24, 2.45) is 5.92 Å². The van der Waals surface area contributed by atoms with E-state index in [1.165, 1.54) is 0 Å². The molecule has 4 nitrogen and oxygen atoms in total. The lowest BCUT2D eigenvalue weighted by Crippen LogP contribution is -2.65. The molecule has 2 heterocycles. The number of hydrogen-bond acceptors (Lipinski definition) is 2. The molecule has 0 unspecified atom stereocenters. The molecular weight excluding hydrogens is 264 g/mol. The number of benzene rings is 1. The van der Waals surface area contributed by atoms with Gasteiger partial charge in [0.2, 0.25) is 0 Å². The average molecular weight is 284 g/mol. The maximum Gasteiger partial charge on any atom is 0.254 e. The van der Waals surface area contributed by atoms with Crippen LogP contribution in [0.3, 0.4) is 0 Å². The summed E-state index contributed by atoms with van der Waals surface area (Å²) in [5.41, 5.74) is 0.894. The average Bonchev–Trinajstić information content (AvgIpc) is 2.97. The third-order valence-corrected chi connectivity index (χ3v) is 4.29. The van der Waals surface area contributed by atoms with Crippen LogP contribution >= 0.6 is 0 Å². The van der Waals surface area contributed by atoms with Gasteiger partial charge in [-0.3, -0.25) is 4.79 Å². The van der Waals surface area contributed by atoms with Crippen molar-refractivity contribution in [1.82, 2.24) is 9.47 Å². The van der Waals surface area contributed by atoms with Crippen molar-refractivity contribution in [3.05, 3.63) is 54.4 Å². The van der Waals surface area contributed by atoms with Crippen LogP contribution in [-0.4, -0.2) is 39.2 Å². The van der Waals surface area contributed by atoms with Gasteiger partial charge in [0.1, 0.15) is 5.60 Å². The van der Waals surface area contributed by atoms with Crippen molar-refractivity contribution in [3.8, 4) is 5.69 Å². The lowest BCUT2D eigenvalue weighted by atomic mass is 9.82. The summed E-state index contributed by atoms with van der Waals surface area (Å²) < 4.78 is 1.97. The first-order valence-corrected chi connectivity index (χ1v) is 7.25. The summed E-state index contributed by atoms with van der Waals surface area (Å²) in [6.45, 7) is 4.79. The van der Waals surface area contributed by atoms with E-state index < -0.39 is 5.60 Å². The number of aromatic nitrogens is 1. The molecule has 0 spiro atoms. The van der Waals surface area contributed by atoms with Crippen molar-refractivity contribution < 1.29 is 9.90 Å². The zero-order valence-electron chi connectivity index (χ0n) is 12.4. The molecule has 1 N–H and O–H groups in total. The summed E-state index contributed by atoms with van der Waals surface area (Å²) in [6.07, 6.45) is 3.90. The number of likely N-dealkylation sites (tertiary alicyclic amines) is 1. The Balaban J connectivity index is 1.76. The van der Waals surface area contributed by atoms with Crippen molar-refractivity contribution in [2.75, 3.05) is 13.1 Å². The topological polar surface area (TPSA) is 45.5 Å². The molecule has 4 heteroatoms. The van der Waals surface area contributed by atoms with Gasteiger partial charge in [0.25, 0.3) is 5.91 Å². The molecule has 1 aromatic carbocycles. The smallest absolute Gasteiger partial charge is 0.254 e. The highest BCUT2D eigenvalue weighted by atomic mass is 16.3. The Hall–Kier alpha value is -2.07. The van der Waals surface area contributed by atoms with Crippen molar-refractivity contribution in [3.63, 3.8) is 0 Å². The maximum atomic E-state index is 12.5. The summed E-state index contributed by atoms with van der Waals surface area (Å²) in [6, 6.07) is 11.5. The fraction of sp³-hybridized carbons (Fsp3) is 0.353. The molecule has 0 saturated carbocycles. The van der Waals surface area contributed by atoms with Gasteiger partial charge in [-0.1, -0.05) is 19.9 Å². The first-order chi connectivity index (χ1) is 9.99. The summed E-state index contributed by atoms with van der Waals surface area (Å²) in [5.74, 6) is 0.141. The molecule has 3 rings (SSSR count). The molecule has 110 valence electrons. The van der Waals surface area contributed by atoms with Crippen LogP contribution < -0.4 is 0 Å². The summed E-state index contributed by atoms with van der Waals surface area (Å²) in [5, 5.41) is 10.3. The van der Waals surface area contributed by atoms with Crippen molar-refractivity contribution in [2.45, 2.75) is 19.4 Å². The third-order valence-electron chi connectivity index (χ3n) is 4.29. The largest absolute Gasteiger partial charge is 0.386 e. The monoisotopic (exact) mass is 284 g/mol. The van der Waals surface area contributed by atoms with Crippen LogP contribution in [0.5, 0.6) is 0 Å². The zero-order chi connectivity index (χ0) is 15.0. The number of amides is 1. The highest BCUT2D eigenvalue weighted by Gasteiger charge is 2.45. The molecule has 2 aromatic rings. The van der Waals surface area contributed by atoms with Gasteiger partial charge in [-0.2, -0.15) is 0 Å². The van der Waals surface area contributed by atoms with E-state index in [9.17, 15) is 9.90 Å². The molecule has 0 radical (unpaired) electrons. The minimum Gasteiger partial charge on any atom is -0.386 e. The number of nitrogens with zero attached hydrogens (tertiary/aromatic N) is 2. The Morgan fingerprint density at radius 2 is 1.86 bits per heavy atom. The second-order valence-corrected chi connectivity index (χ2v) is 6.06. The van der Waals surface area contributed by atoms with Crippen LogP contribution in [-0.2, 0) is 0 Å². The van der Waals surface area contributed by atoms with Gasteiger partial charge in [-0.05, 0) is 36.2 Å². The van der Waals surface area contributed by atoms with Gasteiger partial charge in [-0.25, -0.2) is 0 Å². The van der Waals surface area contributed by atoms with E-state index in [1.807, 2.05) is 67.2 Å². The lowest BCUT2D eigenvalue weighted by Gasteiger charge is -2.49. The fourth-order valence-electron chi connectivity index (χ4n) is 2.61. The van der Waals surface area contributed by atoms with Crippen LogP contribution in [0.15, 0.2) is 48.8 Å². The van der Waals surface area contributed by atoms with Gasteiger partial charge >= 0.3 is 0 Å². The Kier molecular flexibility index (Phi) is 3.33. The Bertz CT molecular complexity index is 641. The molecular formula is C17H20N2O2. The van der Waals surface area contributed by atoms with E-state index in [0.717, 1.165) is 5.69 Å². The van der Waals surface area contributed by atoms with Gasteiger partial charge < -0.3 is 14.6 Å². The zero-order valence-corrected chi connectivity index (χ0v) is 12.4. The van der Waals surface area contributed by atoms with E-state index in [1.54, 1.807) is 4.90 Å². The van der Waals surface area contributed by atoms with E-state index in [-0.39, 0.29) is 11.8 Å². The van der Waals surface area contributed by atoms with E-state index in [2.05, 4.69) is 0 Å². The highest BCUT2D eigenvalue weighted by Crippen LogP contribution is 2.29. The molecule has 1 aliphatic rings. The molecule has 0 atom stereocenters. The number of carbonyl (C=O) groups excluding carboxylic acids is 1. The molecule has 1 aromatic heterocycles. The molecule has 1 saturated heterocycles. The van der Waals surface area contributed by atoms with Crippen molar-refractivity contribution in [1.29, 1.82) is 0 Å². The van der Waals surface area contributed by atoms with Crippen LogP contribution in [0.1, 0.15) is 24.2 Å². The standard InChI is InChI=1S/C17H20N2O2/c1-13(2)17(21)11-19(12-17)16(20)14-6-5-7-15(10-14)18-8-3-4-9-18/h3-10,13,21H,11-12H2,1-2H3. The number of aliphatic hydroxyl groups is 1. The SMILES string of the molecule is CC(C)C1(O)CN(C(=O)c2cccc(-n3cccc3)c2)C1. The van der Waals surface area contributed by atoms with E-state index in [0.29, 0.717) is 18.7 Å². The number of rotatable bonds is 3. The van der Waals surface area contributed by atoms with Crippen LogP contribution in [0.2, 0.25) is 0 Å². The lowest BCUT2D eigenvalue weighted by molar-refractivity contribution is -0.110. The number of β-amino-alcohol motifs (C(OH)–C–C–N with tert-alkyl or cyclic N) is 1. The van der Waals surface area contributed by atoms with Crippen LogP contribution in [0.4, 0.5) is 0 Å². The predicted molar refractivity (Wildman–Crippen MR) is 81.5 cm³/mol. The van der Waals surface area contributed by atoms with Gasteiger partial charge in [0.05, 0.1) is 13.1 Å². The Morgan fingerprint density at radius 1 is 1.19 bits per heavy atom. The summed E-state index contributed by atoms with van der Waals surface area (Å²) >= 11 is 0.